The van der Waals surface area contributed by atoms with Gasteiger partial charge in [-0.25, -0.2) is 13.4 Å². The van der Waals surface area contributed by atoms with Crippen LogP contribution in [-0.2, 0) is 24.4 Å². The Morgan fingerprint density at radius 3 is 2.25 bits per heavy atom. The van der Waals surface area contributed by atoms with E-state index in [1.54, 1.807) is 12.1 Å². The third-order valence-electron chi connectivity index (χ3n) is 5.51. The van der Waals surface area contributed by atoms with Gasteiger partial charge >= 0.3 is 0 Å². The number of fused-ring (bicyclic) bond motifs is 1. The van der Waals surface area contributed by atoms with Crippen LogP contribution < -0.4 is 10.0 Å². The van der Waals surface area contributed by atoms with E-state index in [0.29, 0.717) is 18.5 Å². The van der Waals surface area contributed by atoms with Gasteiger partial charge in [-0.15, -0.1) is 0 Å². The number of carbonyl (C=O) groups is 3. The molecule has 10 heteroatoms. The molecule has 2 N–H and O–H groups in total. The molecule has 1 aliphatic heterocycles. The molecule has 1 fully saturated rings. The SMILES string of the molecule is O=C(CCN1C(=O)[C@H]2CC=CC[C@H]2C1=O)Nc1ccc(S(=O)(=O)Nc2ccccn2)cc1. The minimum Gasteiger partial charge on any atom is -0.326 e. The molecule has 2 aliphatic rings. The number of allylic oxidation sites excluding steroid dienone is 2. The van der Waals surface area contributed by atoms with Crippen LogP contribution >= 0.6 is 0 Å². The fourth-order valence-corrected chi connectivity index (χ4v) is 4.87. The topological polar surface area (TPSA) is 126 Å². The van der Waals surface area contributed by atoms with Crippen molar-refractivity contribution in [3.63, 3.8) is 0 Å². The van der Waals surface area contributed by atoms with Crippen LogP contribution in [0.25, 0.3) is 0 Å². The number of hydrogen-bond donors (Lipinski definition) is 2. The summed E-state index contributed by atoms with van der Waals surface area (Å²) in [6.45, 7) is 0.0248. The lowest BCUT2D eigenvalue weighted by atomic mass is 9.85. The van der Waals surface area contributed by atoms with Crippen LogP contribution in [0.3, 0.4) is 0 Å². The highest BCUT2D eigenvalue weighted by Crippen LogP contribution is 2.35. The summed E-state index contributed by atoms with van der Waals surface area (Å²) in [5.74, 6) is -1.24. The minimum absolute atomic E-state index is 0.0191. The molecule has 0 saturated carbocycles. The number of hydrogen-bond acceptors (Lipinski definition) is 6. The van der Waals surface area contributed by atoms with Gasteiger partial charge in [0.15, 0.2) is 0 Å². The van der Waals surface area contributed by atoms with Crippen LogP contribution in [0.4, 0.5) is 11.5 Å². The molecule has 9 nitrogen and oxygen atoms in total. The van der Waals surface area contributed by atoms with E-state index in [9.17, 15) is 22.8 Å². The highest BCUT2D eigenvalue weighted by Gasteiger charge is 2.46. The third-order valence-corrected chi connectivity index (χ3v) is 6.88. The first kappa shape index (κ1) is 21.7. The minimum atomic E-state index is -3.81. The molecule has 1 saturated heterocycles. The molecule has 0 radical (unpaired) electrons. The Balaban J connectivity index is 1.32. The second-order valence-corrected chi connectivity index (χ2v) is 9.31. The Hall–Kier alpha value is -3.53. The van der Waals surface area contributed by atoms with Crippen LogP contribution in [0.5, 0.6) is 0 Å². The zero-order valence-electron chi connectivity index (χ0n) is 17.1. The fraction of sp³-hybridized carbons (Fsp3) is 0.273. The van der Waals surface area contributed by atoms with Crippen molar-refractivity contribution in [2.45, 2.75) is 24.2 Å². The first-order valence-electron chi connectivity index (χ1n) is 10.2. The lowest BCUT2D eigenvalue weighted by Crippen LogP contribution is -2.34. The Morgan fingerprint density at radius 1 is 1.00 bits per heavy atom. The molecule has 3 amide bonds. The molecule has 2 aromatic rings. The van der Waals surface area contributed by atoms with E-state index in [-0.39, 0.29) is 53.2 Å². The van der Waals surface area contributed by atoms with Crippen molar-refractivity contribution in [3.8, 4) is 0 Å². The highest BCUT2D eigenvalue weighted by atomic mass is 32.2. The summed E-state index contributed by atoms with van der Waals surface area (Å²) in [4.78, 5) is 42.4. The Morgan fingerprint density at radius 2 is 1.66 bits per heavy atom. The average molecular weight is 455 g/mol. The number of anilines is 2. The van der Waals surface area contributed by atoms with Crippen LogP contribution in [0.1, 0.15) is 19.3 Å². The molecule has 4 rings (SSSR count). The molecule has 1 aromatic heterocycles. The number of aromatic nitrogens is 1. The van der Waals surface area contributed by atoms with Crippen molar-refractivity contribution >= 4 is 39.3 Å². The normalized spacial score (nSPS) is 20.2. The lowest BCUT2D eigenvalue weighted by molar-refractivity contribution is -0.140. The molecule has 0 spiro atoms. The molecule has 32 heavy (non-hydrogen) atoms. The van der Waals surface area contributed by atoms with Crippen molar-refractivity contribution in [2.75, 3.05) is 16.6 Å². The molecule has 0 bridgehead atoms. The fourth-order valence-electron chi connectivity index (χ4n) is 3.86. The first-order chi connectivity index (χ1) is 15.3. The maximum absolute atomic E-state index is 12.5. The van der Waals surface area contributed by atoms with Crippen LogP contribution in [-0.4, -0.2) is 42.6 Å². The number of pyridine rings is 1. The number of benzene rings is 1. The van der Waals surface area contributed by atoms with E-state index < -0.39 is 10.0 Å². The van der Waals surface area contributed by atoms with E-state index in [2.05, 4.69) is 15.0 Å². The van der Waals surface area contributed by atoms with E-state index in [0.717, 1.165) is 0 Å². The van der Waals surface area contributed by atoms with Gasteiger partial charge in [0, 0.05) is 24.8 Å². The van der Waals surface area contributed by atoms with Crippen molar-refractivity contribution in [3.05, 3.63) is 60.8 Å². The Labute approximate surface area is 185 Å². The summed E-state index contributed by atoms with van der Waals surface area (Å²) in [5.41, 5.74) is 0.406. The summed E-state index contributed by atoms with van der Waals surface area (Å²) in [6, 6.07) is 10.5. The number of nitrogens with zero attached hydrogens (tertiary/aromatic N) is 2. The second kappa shape index (κ2) is 8.91. The predicted molar refractivity (Wildman–Crippen MR) is 117 cm³/mol. The summed E-state index contributed by atoms with van der Waals surface area (Å²) in [5, 5.41) is 2.66. The van der Waals surface area contributed by atoms with E-state index in [1.165, 1.54) is 41.4 Å². The molecule has 1 aliphatic carbocycles. The Kier molecular flexibility index (Phi) is 6.04. The van der Waals surface area contributed by atoms with Gasteiger partial charge in [-0.05, 0) is 49.2 Å². The van der Waals surface area contributed by atoms with Gasteiger partial charge in [0.2, 0.25) is 17.7 Å². The van der Waals surface area contributed by atoms with Gasteiger partial charge in [0.25, 0.3) is 10.0 Å². The van der Waals surface area contributed by atoms with E-state index in [4.69, 9.17) is 0 Å². The smallest absolute Gasteiger partial charge is 0.263 e. The van der Waals surface area contributed by atoms with Gasteiger partial charge in [-0.2, -0.15) is 0 Å². The predicted octanol–water partition coefficient (Wildman–Crippen LogP) is 2.16. The van der Waals surface area contributed by atoms with Crippen molar-refractivity contribution in [1.29, 1.82) is 0 Å². The second-order valence-electron chi connectivity index (χ2n) is 7.63. The zero-order valence-corrected chi connectivity index (χ0v) is 17.9. The zero-order chi connectivity index (χ0) is 22.7. The molecular weight excluding hydrogens is 432 g/mol. The van der Waals surface area contributed by atoms with Crippen molar-refractivity contribution in [2.24, 2.45) is 11.8 Å². The molecular formula is C22H22N4O5S. The standard InChI is InChI=1S/C22H22N4O5S/c27-20(12-14-26-21(28)17-5-1-2-6-18(17)22(26)29)24-15-8-10-16(11-9-15)32(30,31)25-19-7-3-4-13-23-19/h1-4,7-11,13,17-18H,5-6,12,14H2,(H,23,25)(H,24,27)/t17-,18+. The Bertz CT molecular complexity index is 1140. The van der Waals surface area contributed by atoms with E-state index in [1.807, 2.05) is 12.2 Å². The molecule has 1 aromatic carbocycles. The molecule has 2 atom stereocenters. The average Bonchev–Trinajstić information content (AvgIpc) is 3.03. The number of amides is 3. The summed E-state index contributed by atoms with van der Waals surface area (Å²) in [6.07, 6.45) is 6.39. The maximum Gasteiger partial charge on any atom is 0.263 e. The monoisotopic (exact) mass is 454 g/mol. The number of likely N-dealkylation sites (tertiary alicyclic amines) is 1. The van der Waals surface area contributed by atoms with E-state index >= 15 is 0 Å². The maximum atomic E-state index is 12.5. The van der Waals surface area contributed by atoms with Crippen LogP contribution in [0, 0.1) is 11.8 Å². The molecule has 0 unspecified atom stereocenters. The number of carbonyl (C=O) groups excluding carboxylic acids is 3. The molecule has 2 heterocycles. The summed E-state index contributed by atoms with van der Waals surface area (Å²) in [7, 11) is -3.81. The summed E-state index contributed by atoms with van der Waals surface area (Å²) >= 11 is 0. The number of rotatable bonds is 7. The van der Waals surface area contributed by atoms with Gasteiger partial charge in [0.1, 0.15) is 5.82 Å². The quantitative estimate of drug-likeness (QED) is 0.488. The summed E-state index contributed by atoms with van der Waals surface area (Å²) < 4.78 is 27.3. The largest absolute Gasteiger partial charge is 0.326 e. The van der Waals surface area contributed by atoms with Crippen LogP contribution in [0.15, 0.2) is 65.7 Å². The van der Waals surface area contributed by atoms with Crippen molar-refractivity contribution < 1.29 is 22.8 Å². The number of nitrogens with one attached hydrogen (secondary N) is 2. The lowest BCUT2D eigenvalue weighted by Gasteiger charge is -2.14. The number of sulfonamides is 1. The number of imide groups is 1. The van der Waals surface area contributed by atoms with Gasteiger partial charge in [-0.3, -0.25) is 24.0 Å². The van der Waals surface area contributed by atoms with Crippen LogP contribution in [0.2, 0.25) is 0 Å². The highest BCUT2D eigenvalue weighted by molar-refractivity contribution is 7.92. The molecule has 166 valence electrons. The van der Waals surface area contributed by atoms with Gasteiger partial charge < -0.3 is 5.32 Å². The van der Waals surface area contributed by atoms with Gasteiger partial charge in [-0.1, -0.05) is 18.2 Å². The first-order valence-corrected chi connectivity index (χ1v) is 11.7. The van der Waals surface area contributed by atoms with Crippen molar-refractivity contribution in [1.82, 2.24) is 9.88 Å². The van der Waals surface area contributed by atoms with Gasteiger partial charge in [0.05, 0.1) is 16.7 Å². The third kappa shape index (κ3) is 4.54.